The molecule has 2 rings (SSSR count). The van der Waals surface area contributed by atoms with E-state index >= 15 is 0 Å². The van der Waals surface area contributed by atoms with Gasteiger partial charge in [-0.1, -0.05) is 12.8 Å². The number of methoxy groups -OCH3 is 1. The number of rotatable bonds is 5. The van der Waals surface area contributed by atoms with Crippen LogP contribution in [0.1, 0.15) is 25.7 Å². The van der Waals surface area contributed by atoms with Gasteiger partial charge in [-0.15, -0.1) is 0 Å². The van der Waals surface area contributed by atoms with Gasteiger partial charge < -0.3 is 20.9 Å². The van der Waals surface area contributed by atoms with Crippen molar-refractivity contribution in [2.75, 3.05) is 31.3 Å². The summed E-state index contributed by atoms with van der Waals surface area (Å²) in [6.45, 7) is 0.979. The van der Waals surface area contributed by atoms with Crippen molar-refractivity contribution in [1.29, 1.82) is 0 Å². The largest absolute Gasteiger partial charge is 0.467 e. The highest BCUT2D eigenvalue weighted by Crippen LogP contribution is 2.29. The summed E-state index contributed by atoms with van der Waals surface area (Å²) in [4.78, 5) is 11.9. The molecule has 0 radical (unpaired) electrons. The van der Waals surface area contributed by atoms with E-state index in [4.69, 9.17) is 10.5 Å². The molecule has 1 fully saturated rings. The molecule has 0 spiro atoms. The summed E-state index contributed by atoms with van der Waals surface area (Å²) in [6.07, 6.45) is 4.63. The summed E-state index contributed by atoms with van der Waals surface area (Å²) in [5.74, 6) is 1.37. The van der Waals surface area contributed by atoms with Crippen LogP contribution < -0.4 is 15.8 Å². The van der Waals surface area contributed by atoms with E-state index in [0.717, 1.165) is 19.4 Å². The molecule has 2 unspecified atom stereocenters. The topological polar surface area (TPSA) is 106 Å². The first kappa shape index (κ1) is 13.8. The zero-order chi connectivity index (χ0) is 13.7. The summed E-state index contributed by atoms with van der Waals surface area (Å²) < 4.78 is 4.95. The first-order chi connectivity index (χ1) is 9.22. The maximum absolute atomic E-state index is 9.38. The lowest BCUT2D eigenvalue weighted by Gasteiger charge is -2.30. The molecule has 2 atom stereocenters. The summed E-state index contributed by atoms with van der Waals surface area (Å²) in [6, 6.07) is 0.206. The van der Waals surface area contributed by atoms with E-state index in [1.165, 1.54) is 20.0 Å². The van der Waals surface area contributed by atoms with E-state index in [0.29, 0.717) is 17.8 Å². The molecule has 1 aliphatic carbocycles. The van der Waals surface area contributed by atoms with Gasteiger partial charge in [-0.3, -0.25) is 0 Å². The normalized spacial score (nSPS) is 23.1. The van der Waals surface area contributed by atoms with Crippen LogP contribution in [0.2, 0.25) is 0 Å². The number of aromatic nitrogens is 3. The Morgan fingerprint density at radius 2 is 2.00 bits per heavy atom. The Kier molecular flexibility index (Phi) is 4.73. The fourth-order valence-corrected chi connectivity index (χ4v) is 2.56. The number of ether oxygens (including phenoxy) is 1. The lowest BCUT2D eigenvalue weighted by atomic mass is 9.80. The second-order valence-electron chi connectivity index (χ2n) is 4.87. The molecule has 106 valence electrons. The number of nitrogens with one attached hydrogen (secondary N) is 1. The molecule has 0 aromatic carbocycles. The first-order valence-electron chi connectivity index (χ1n) is 6.63. The third-order valence-corrected chi connectivity index (χ3v) is 3.64. The van der Waals surface area contributed by atoms with Crippen LogP contribution in [0, 0.1) is 11.8 Å². The van der Waals surface area contributed by atoms with Crippen LogP contribution in [0.15, 0.2) is 0 Å². The van der Waals surface area contributed by atoms with E-state index in [1.807, 2.05) is 0 Å². The monoisotopic (exact) mass is 267 g/mol. The highest BCUT2D eigenvalue weighted by atomic mass is 16.5. The van der Waals surface area contributed by atoms with Crippen molar-refractivity contribution >= 4 is 11.9 Å². The van der Waals surface area contributed by atoms with Crippen LogP contribution in [0.4, 0.5) is 11.9 Å². The molecule has 4 N–H and O–H groups in total. The molecule has 0 bridgehead atoms. The van der Waals surface area contributed by atoms with Gasteiger partial charge in [0.1, 0.15) is 0 Å². The molecule has 0 aliphatic heterocycles. The minimum Gasteiger partial charge on any atom is -0.467 e. The number of hydrogen-bond donors (Lipinski definition) is 3. The second kappa shape index (κ2) is 6.51. The Labute approximate surface area is 112 Å². The lowest BCUT2D eigenvalue weighted by Crippen LogP contribution is -2.29. The zero-order valence-electron chi connectivity index (χ0n) is 11.2. The maximum atomic E-state index is 9.38. The maximum Gasteiger partial charge on any atom is 0.322 e. The molecule has 1 aromatic heterocycles. The smallest absolute Gasteiger partial charge is 0.322 e. The summed E-state index contributed by atoms with van der Waals surface area (Å²) in [7, 11) is 1.49. The fourth-order valence-electron chi connectivity index (χ4n) is 2.56. The second-order valence-corrected chi connectivity index (χ2v) is 4.87. The van der Waals surface area contributed by atoms with Gasteiger partial charge >= 0.3 is 6.01 Å². The number of nitrogens with two attached hydrogens (primary N) is 1. The van der Waals surface area contributed by atoms with Crippen molar-refractivity contribution in [2.24, 2.45) is 11.8 Å². The Morgan fingerprint density at radius 3 is 2.68 bits per heavy atom. The van der Waals surface area contributed by atoms with Gasteiger partial charge in [-0.2, -0.15) is 15.0 Å². The molecule has 1 heterocycles. The number of aliphatic hydroxyl groups excluding tert-OH is 1. The predicted molar refractivity (Wildman–Crippen MR) is 71.8 cm³/mol. The highest BCUT2D eigenvalue weighted by Gasteiger charge is 2.24. The van der Waals surface area contributed by atoms with Crippen LogP contribution in [-0.2, 0) is 0 Å². The predicted octanol–water partition coefficient (Wildman–Crippen LogP) is 0.673. The van der Waals surface area contributed by atoms with Crippen molar-refractivity contribution < 1.29 is 9.84 Å². The van der Waals surface area contributed by atoms with Crippen molar-refractivity contribution in [2.45, 2.75) is 25.7 Å². The minimum absolute atomic E-state index is 0.136. The van der Waals surface area contributed by atoms with E-state index in [1.54, 1.807) is 0 Å². The average molecular weight is 267 g/mol. The molecule has 0 amide bonds. The van der Waals surface area contributed by atoms with Gasteiger partial charge in [-0.05, 0) is 24.7 Å². The van der Waals surface area contributed by atoms with Gasteiger partial charge in [0.2, 0.25) is 11.9 Å². The highest BCUT2D eigenvalue weighted by molar-refractivity contribution is 5.32. The summed E-state index contributed by atoms with van der Waals surface area (Å²) >= 11 is 0. The van der Waals surface area contributed by atoms with E-state index < -0.39 is 0 Å². The number of nitrogens with zero attached hydrogens (tertiary/aromatic N) is 3. The molecule has 1 aliphatic rings. The van der Waals surface area contributed by atoms with Gasteiger partial charge in [0.15, 0.2) is 0 Å². The standard InChI is InChI=1S/C12H21N5O2/c1-19-12-16-10(13)15-11(17-12)14-6-8-4-2-3-5-9(8)7-18/h8-9,18H,2-7H2,1H3,(H3,13,14,15,16,17). The van der Waals surface area contributed by atoms with Crippen LogP contribution in [-0.4, -0.2) is 40.3 Å². The molecule has 0 saturated heterocycles. The number of hydrogen-bond acceptors (Lipinski definition) is 7. The van der Waals surface area contributed by atoms with E-state index in [-0.39, 0.29) is 18.6 Å². The van der Waals surface area contributed by atoms with Crippen LogP contribution >= 0.6 is 0 Å². The molecular weight excluding hydrogens is 246 g/mol. The Hall–Kier alpha value is -1.63. The molecule has 19 heavy (non-hydrogen) atoms. The quantitative estimate of drug-likeness (QED) is 0.720. The third-order valence-electron chi connectivity index (χ3n) is 3.64. The first-order valence-corrected chi connectivity index (χ1v) is 6.63. The minimum atomic E-state index is 0.136. The fraction of sp³-hybridized carbons (Fsp3) is 0.750. The lowest BCUT2D eigenvalue weighted by molar-refractivity contribution is 0.141. The van der Waals surface area contributed by atoms with Gasteiger partial charge in [0.05, 0.1) is 7.11 Å². The van der Waals surface area contributed by atoms with Gasteiger partial charge in [0.25, 0.3) is 0 Å². The number of anilines is 2. The number of aliphatic hydroxyl groups is 1. The van der Waals surface area contributed by atoms with Crippen molar-refractivity contribution in [3.05, 3.63) is 0 Å². The Bertz CT molecular complexity index is 415. The van der Waals surface area contributed by atoms with Crippen molar-refractivity contribution in [3.8, 4) is 6.01 Å². The zero-order valence-corrected chi connectivity index (χ0v) is 11.2. The van der Waals surface area contributed by atoms with Crippen LogP contribution in [0.5, 0.6) is 6.01 Å². The number of nitrogen functional groups attached to an aromatic ring is 1. The van der Waals surface area contributed by atoms with Crippen molar-refractivity contribution in [3.63, 3.8) is 0 Å². The average Bonchev–Trinajstić information content (AvgIpc) is 2.44. The van der Waals surface area contributed by atoms with Crippen LogP contribution in [0.3, 0.4) is 0 Å². The van der Waals surface area contributed by atoms with E-state index in [2.05, 4.69) is 20.3 Å². The SMILES string of the molecule is COc1nc(N)nc(NCC2CCCCC2CO)n1. The molecule has 7 heteroatoms. The Morgan fingerprint density at radius 1 is 1.26 bits per heavy atom. The van der Waals surface area contributed by atoms with Gasteiger partial charge in [-0.25, -0.2) is 0 Å². The molecular formula is C12H21N5O2. The molecule has 1 saturated carbocycles. The van der Waals surface area contributed by atoms with Crippen molar-refractivity contribution in [1.82, 2.24) is 15.0 Å². The van der Waals surface area contributed by atoms with Crippen LogP contribution in [0.25, 0.3) is 0 Å². The molecule has 7 nitrogen and oxygen atoms in total. The van der Waals surface area contributed by atoms with Gasteiger partial charge in [0, 0.05) is 13.2 Å². The summed E-state index contributed by atoms with van der Waals surface area (Å²) in [5.41, 5.74) is 5.57. The third kappa shape index (κ3) is 3.66. The van der Waals surface area contributed by atoms with E-state index in [9.17, 15) is 5.11 Å². The summed E-state index contributed by atoms with van der Waals surface area (Å²) in [5, 5.41) is 12.5. The molecule has 1 aromatic rings. The Balaban J connectivity index is 1.95.